The van der Waals surface area contributed by atoms with Crippen LogP contribution in [0.1, 0.15) is 32.1 Å². The van der Waals surface area contributed by atoms with Gasteiger partial charge in [0.1, 0.15) is 18.0 Å². The van der Waals surface area contributed by atoms with Crippen molar-refractivity contribution < 1.29 is 9.47 Å². The molecule has 1 heterocycles. The van der Waals surface area contributed by atoms with Gasteiger partial charge in [-0.25, -0.2) is 9.97 Å². The lowest BCUT2D eigenvalue weighted by Gasteiger charge is -2.14. The Labute approximate surface area is 154 Å². The van der Waals surface area contributed by atoms with Crippen molar-refractivity contribution in [2.75, 3.05) is 31.4 Å². The molecule has 1 aliphatic rings. The Balaban J connectivity index is 1.59. The van der Waals surface area contributed by atoms with Gasteiger partial charge in [-0.3, -0.25) is 0 Å². The zero-order chi connectivity index (χ0) is 18.2. The molecule has 1 aromatic carbocycles. The lowest BCUT2D eigenvalue weighted by atomic mass is 9.97. The van der Waals surface area contributed by atoms with Crippen molar-refractivity contribution in [2.45, 2.75) is 32.1 Å². The summed E-state index contributed by atoms with van der Waals surface area (Å²) in [6.45, 7) is 0.888. The zero-order valence-electron chi connectivity index (χ0n) is 15.4. The first-order chi connectivity index (χ1) is 12.8. The third-order valence-corrected chi connectivity index (χ3v) is 4.46. The van der Waals surface area contributed by atoms with Crippen molar-refractivity contribution >= 4 is 17.3 Å². The summed E-state index contributed by atoms with van der Waals surface area (Å²) < 4.78 is 10.6. The van der Waals surface area contributed by atoms with Gasteiger partial charge in [0.25, 0.3) is 0 Å². The summed E-state index contributed by atoms with van der Waals surface area (Å²) in [4.78, 5) is 8.58. The molecule has 3 rings (SSSR count). The second-order valence-electron chi connectivity index (χ2n) is 6.27. The highest BCUT2D eigenvalue weighted by atomic mass is 16.5. The number of nitrogens with zero attached hydrogens (tertiary/aromatic N) is 2. The molecule has 0 radical (unpaired) electrons. The van der Waals surface area contributed by atoms with E-state index in [1.807, 2.05) is 24.3 Å². The minimum Gasteiger partial charge on any atom is -0.493 e. The molecule has 6 nitrogen and oxygen atoms in total. The zero-order valence-corrected chi connectivity index (χ0v) is 15.4. The van der Waals surface area contributed by atoms with Gasteiger partial charge >= 0.3 is 0 Å². The van der Waals surface area contributed by atoms with Gasteiger partial charge < -0.3 is 20.1 Å². The lowest BCUT2D eigenvalue weighted by molar-refractivity contribution is 0.355. The number of methoxy groups -OCH3 is 2. The first-order valence-electron chi connectivity index (χ1n) is 9.01. The number of rotatable bonds is 8. The molecule has 138 valence electrons. The van der Waals surface area contributed by atoms with Gasteiger partial charge in [0.05, 0.1) is 14.2 Å². The molecule has 0 unspecified atom stereocenters. The molecule has 0 amide bonds. The van der Waals surface area contributed by atoms with Gasteiger partial charge in [-0.1, -0.05) is 11.6 Å². The number of hydrogen-bond donors (Lipinski definition) is 2. The predicted molar refractivity (Wildman–Crippen MR) is 105 cm³/mol. The SMILES string of the molecule is COc1ccc(Nc2cc(NCCC3=CCCCC3)ncn2)cc1OC. The molecular formula is C20H26N4O2. The minimum absolute atomic E-state index is 0.672. The third-order valence-electron chi connectivity index (χ3n) is 4.46. The molecule has 0 atom stereocenters. The van der Waals surface area contributed by atoms with Crippen LogP contribution in [0.2, 0.25) is 0 Å². The maximum absolute atomic E-state index is 5.33. The summed E-state index contributed by atoms with van der Waals surface area (Å²) in [5.74, 6) is 2.91. The van der Waals surface area contributed by atoms with Crippen LogP contribution in [0.5, 0.6) is 11.5 Å². The van der Waals surface area contributed by atoms with Crippen LogP contribution in [-0.4, -0.2) is 30.7 Å². The van der Waals surface area contributed by atoms with E-state index in [-0.39, 0.29) is 0 Å². The van der Waals surface area contributed by atoms with E-state index in [0.29, 0.717) is 11.5 Å². The van der Waals surface area contributed by atoms with Gasteiger partial charge in [0.2, 0.25) is 0 Å². The molecule has 1 aliphatic carbocycles. The van der Waals surface area contributed by atoms with Crippen LogP contribution in [0.25, 0.3) is 0 Å². The maximum Gasteiger partial charge on any atom is 0.162 e. The Hall–Kier alpha value is -2.76. The molecule has 0 spiro atoms. The number of ether oxygens (including phenoxy) is 2. The maximum atomic E-state index is 5.33. The van der Waals surface area contributed by atoms with E-state index in [1.54, 1.807) is 26.1 Å². The molecule has 0 bridgehead atoms. The third kappa shape index (κ3) is 4.88. The van der Waals surface area contributed by atoms with Crippen molar-refractivity contribution in [3.63, 3.8) is 0 Å². The molecule has 0 saturated heterocycles. The van der Waals surface area contributed by atoms with Crippen molar-refractivity contribution in [3.05, 3.63) is 42.2 Å². The molecule has 1 aromatic heterocycles. The fraction of sp³-hybridized carbons (Fsp3) is 0.400. The fourth-order valence-corrected chi connectivity index (χ4v) is 3.07. The van der Waals surface area contributed by atoms with Gasteiger partial charge in [-0.15, -0.1) is 0 Å². The smallest absolute Gasteiger partial charge is 0.162 e. The van der Waals surface area contributed by atoms with Crippen LogP contribution < -0.4 is 20.1 Å². The van der Waals surface area contributed by atoms with Crippen LogP contribution >= 0.6 is 0 Å². The van der Waals surface area contributed by atoms with Crippen molar-refractivity contribution in [1.29, 1.82) is 0 Å². The Morgan fingerprint density at radius 3 is 2.62 bits per heavy atom. The molecule has 0 aliphatic heterocycles. The number of nitrogens with one attached hydrogen (secondary N) is 2. The first-order valence-corrected chi connectivity index (χ1v) is 9.01. The highest BCUT2D eigenvalue weighted by Crippen LogP contribution is 2.31. The second-order valence-corrected chi connectivity index (χ2v) is 6.27. The summed E-state index contributed by atoms with van der Waals surface area (Å²) in [7, 11) is 3.24. The molecule has 2 N–H and O–H groups in total. The largest absolute Gasteiger partial charge is 0.493 e. The van der Waals surface area contributed by atoms with Crippen LogP contribution in [0.15, 0.2) is 42.2 Å². The summed E-state index contributed by atoms with van der Waals surface area (Å²) in [5.41, 5.74) is 2.43. The monoisotopic (exact) mass is 354 g/mol. The molecule has 0 fully saturated rings. The van der Waals surface area contributed by atoms with E-state index < -0.39 is 0 Å². The number of benzene rings is 1. The topological polar surface area (TPSA) is 68.3 Å². The van der Waals surface area contributed by atoms with Crippen LogP contribution in [0.3, 0.4) is 0 Å². The summed E-state index contributed by atoms with van der Waals surface area (Å²) in [6.07, 6.45) is 10.1. The Morgan fingerprint density at radius 1 is 1.00 bits per heavy atom. The molecule has 26 heavy (non-hydrogen) atoms. The number of aromatic nitrogens is 2. The highest BCUT2D eigenvalue weighted by Gasteiger charge is 2.07. The van der Waals surface area contributed by atoms with E-state index >= 15 is 0 Å². The Bertz CT molecular complexity index is 761. The number of anilines is 3. The average molecular weight is 354 g/mol. The molecule has 0 saturated carbocycles. The van der Waals surface area contributed by atoms with Crippen LogP contribution in [0.4, 0.5) is 17.3 Å². The van der Waals surface area contributed by atoms with Crippen molar-refractivity contribution in [2.24, 2.45) is 0 Å². The summed E-state index contributed by atoms with van der Waals surface area (Å²) >= 11 is 0. The lowest BCUT2D eigenvalue weighted by Crippen LogP contribution is -2.06. The van der Waals surface area contributed by atoms with Gasteiger partial charge in [-0.05, 0) is 44.2 Å². The number of allylic oxidation sites excluding steroid dienone is 1. The van der Waals surface area contributed by atoms with Gasteiger partial charge in [0.15, 0.2) is 11.5 Å². The average Bonchev–Trinajstić information content (AvgIpc) is 2.69. The standard InChI is InChI=1S/C20H26N4O2/c1-25-17-9-8-16(12-18(17)26-2)24-20-13-19(22-14-23-20)21-11-10-15-6-4-3-5-7-15/h6,8-9,12-14H,3-5,7,10-11H2,1-2H3,(H2,21,22,23,24). The molecular weight excluding hydrogens is 328 g/mol. The highest BCUT2D eigenvalue weighted by molar-refractivity contribution is 5.62. The molecule has 6 heteroatoms. The second kappa shape index (κ2) is 9.08. The van der Waals surface area contributed by atoms with Crippen molar-refractivity contribution in [3.8, 4) is 11.5 Å². The summed E-state index contributed by atoms with van der Waals surface area (Å²) in [6, 6.07) is 7.57. The Morgan fingerprint density at radius 2 is 1.85 bits per heavy atom. The van der Waals surface area contributed by atoms with E-state index in [4.69, 9.17) is 9.47 Å². The van der Waals surface area contributed by atoms with Crippen molar-refractivity contribution in [1.82, 2.24) is 9.97 Å². The van der Waals surface area contributed by atoms with E-state index in [1.165, 1.54) is 25.7 Å². The molecule has 2 aromatic rings. The van der Waals surface area contributed by atoms with E-state index in [2.05, 4.69) is 26.7 Å². The van der Waals surface area contributed by atoms with E-state index in [0.717, 1.165) is 30.3 Å². The van der Waals surface area contributed by atoms with E-state index in [9.17, 15) is 0 Å². The summed E-state index contributed by atoms with van der Waals surface area (Å²) in [5, 5.41) is 6.65. The Kier molecular flexibility index (Phi) is 6.30. The minimum atomic E-state index is 0.672. The van der Waals surface area contributed by atoms with Gasteiger partial charge in [-0.2, -0.15) is 0 Å². The fourth-order valence-electron chi connectivity index (χ4n) is 3.07. The predicted octanol–water partition coefficient (Wildman–Crippen LogP) is 4.54. The quantitative estimate of drug-likeness (QED) is 0.678. The van der Waals surface area contributed by atoms with Crippen LogP contribution in [0, 0.1) is 0 Å². The van der Waals surface area contributed by atoms with Gasteiger partial charge in [0, 0.05) is 24.4 Å². The number of hydrogen-bond acceptors (Lipinski definition) is 6. The normalized spacial score (nSPS) is 13.7. The van der Waals surface area contributed by atoms with Crippen LogP contribution in [-0.2, 0) is 0 Å². The first kappa shape index (κ1) is 18.0.